The predicted octanol–water partition coefficient (Wildman–Crippen LogP) is -2.09. The van der Waals surface area contributed by atoms with Gasteiger partial charge < -0.3 is 32.4 Å². The van der Waals surface area contributed by atoms with Gasteiger partial charge in [0.2, 0.25) is 11.8 Å². The van der Waals surface area contributed by atoms with Gasteiger partial charge in [-0.05, 0) is 25.8 Å². The molecule has 1 saturated heterocycles. The highest BCUT2D eigenvalue weighted by Crippen LogP contribution is 2.25. The number of aliphatic hydroxyl groups is 1. The molecule has 1 fully saturated rings. The normalized spacial score (nSPS) is 23.9. The van der Waals surface area contributed by atoms with Crippen molar-refractivity contribution in [1.29, 1.82) is 0 Å². The third-order valence-electron chi connectivity index (χ3n) is 3.23. The van der Waals surface area contributed by atoms with Crippen molar-refractivity contribution in [3.05, 3.63) is 0 Å². The first kappa shape index (κ1) is 16.8. The van der Waals surface area contributed by atoms with Gasteiger partial charge in [-0.25, -0.2) is 0 Å². The number of rotatable bonds is 10. The summed E-state index contributed by atoms with van der Waals surface area (Å²) in [5.41, 5.74) is 16.1. The molecule has 4 unspecified atom stereocenters. The van der Waals surface area contributed by atoms with Gasteiger partial charge in [0.15, 0.2) is 6.29 Å². The van der Waals surface area contributed by atoms with E-state index in [9.17, 15) is 14.7 Å². The number of ether oxygens (including phenoxy) is 1. The first-order chi connectivity index (χ1) is 9.45. The lowest BCUT2D eigenvalue weighted by Gasteiger charge is -2.19. The number of primary amides is 1. The zero-order chi connectivity index (χ0) is 15.1. The number of unbranched alkanes of at least 4 members (excludes halogenated alkanes) is 1. The van der Waals surface area contributed by atoms with Crippen LogP contribution in [0.4, 0.5) is 0 Å². The second kappa shape index (κ2) is 8.15. The Bertz CT molecular complexity index is 339. The predicted molar refractivity (Wildman–Crippen MR) is 72.1 cm³/mol. The van der Waals surface area contributed by atoms with E-state index in [1.165, 1.54) is 0 Å². The second-order valence-corrected chi connectivity index (χ2v) is 5.00. The van der Waals surface area contributed by atoms with Gasteiger partial charge in [-0.3, -0.25) is 9.59 Å². The Morgan fingerprint density at radius 3 is 2.45 bits per heavy atom. The van der Waals surface area contributed by atoms with E-state index in [1.807, 2.05) is 0 Å². The van der Waals surface area contributed by atoms with Gasteiger partial charge in [0.25, 0.3) is 0 Å². The maximum absolute atomic E-state index is 11.9. The first-order valence-corrected chi connectivity index (χ1v) is 6.83. The van der Waals surface area contributed by atoms with Gasteiger partial charge >= 0.3 is 0 Å². The van der Waals surface area contributed by atoms with Crippen LogP contribution in [0.1, 0.15) is 32.1 Å². The van der Waals surface area contributed by atoms with Crippen molar-refractivity contribution < 1.29 is 19.4 Å². The highest BCUT2D eigenvalue weighted by Gasteiger charge is 2.44. The maximum atomic E-state index is 11.9. The fraction of sp³-hybridized carbons (Fsp3) is 0.833. The fourth-order valence-corrected chi connectivity index (χ4v) is 1.95. The molecule has 1 aliphatic heterocycles. The van der Waals surface area contributed by atoms with E-state index in [0.717, 1.165) is 12.8 Å². The Balaban J connectivity index is 2.38. The molecule has 1 heterocycles. The van der Waals surface area contributed by atoms with Crippen LogP contribution in [-0.2, 0) is 14.3 Å². The molecule has 0 aliphatic carbocycles. The number of epoxide rings is 1. The van der Waals surface area contributed by atoms with Crippen molar-refractivity contribution in [1.82, 2.24) is 5.32 Å². The van der Waals surface area contributed by atoms with Gasteiger partial charge in [-0.2, -0.15) is 0 Å². The van der Waals surface area contributed by atoms with Gasteiger partial charge in [-0.1, -0.05) is 6.42 Å². The minimum atomic E-state index is -0.833. The molecule has 0 bridgehead atoms. The highest BCUT2D eigenvalue weighted by molar-refractivity contribution is 5.83. The number of hydrogen-bond donors (Lipinski definition) is 5. The quantitative estimate of drug-likeness (QED) is 0.229. The summed E-state index contributed by atoms with van der Waals surface area (Å²) in [6.07, 6.45) is 1.36. The van der Waals surface area contributed by atoms with Crippen LogP contribution in [-0.4, -0.2) is 47.9 Å². The average molecular weight is 288 g/mol. The van der Waals surface area contributed by atoms with Crippen molar-refractivity contribution in [2.24, 2.45) is 17.2 Å². The molecule has 116 valence electrons. The molecule has 2 amide bonds. The molecule has 8 nitrogen and oxygen atoms in total. The molecule has 0 saturated carbocycles. The SMILES string of the molecule is NCCCCC(NC(=O)C(N)CCC(N)=O)C1OC1O. The highest BCUT2D eigenvalue weighted by atomic mass is 16.7. The fourth-order valence-electron chi connectivity index (χ4n) is 1.95. The van der Waals surface area contributed by atoms with Crippen molar-refractivity contribution in [2.45, 2.75) is 56.6 Å². The lowest BCUT2D eigenvalue weighted by molar-refractivity contribution is -0.123. The summed E-state index contributed by atoms with van der Waals surface area (Å²) in [6, 6.07) is -1.08. The lowest BCUT2D eigenvalue weighted by Crippen LogP contribution is -2.48. The molecule has 1 rings (SSSR count). The number of carbonyl (C=O) groups excluding carboxylic acids is 2. The summed E-state index contributed by atoms with van der Waals surface area (Å²) in [5, 5.41) is 12.0. The van der Waals surface area contributed by atoms with Gasteiger partial charge in [0.1, 0.15) is 6.10 Å². The summed E-state index contributed by atoms with van der Waals surface area (Å²) < 4.78 is 4.98. The van der Waals surface area contributed by atoms with E-state index >= 15 is 0 Å². The van der Waals surface area contributed by atoms with Crippen LogP contribution in [0, 0.1) is 0 Å². The molecular weight excluding hydrogens is 264 g/mol. The molecule has 20 heavy (non-hydrogen) atoms. The molecule has 0 aromatic rings. The largest absolute Gasteiger partial charge is 0.370 e. The Morgan fingerprint density at radius 1 is 1.30 bits per heavy atom. The zero-order valence-corrected chi connectivity index (χ0v) is 11.5. The van der Waals surface area contributed by atoms with Crippen LogP contribution in [0.5, 0.6) is 0 Å². The van der Waals surface area contributed by atoms with Crippen LogP contribution in [0.3, 0.4) is 0 Å². The Morgan fingerprint density at radius 2 is 1.95 bits per heavy atom. The molecule has 4 atom stereocenters. The summed E-state index contributed by atoms with van der Waals surface area (Å²) in [6.45, 7) is 0.576. The molecular formula is C12H24N4O4. The topological polar surface area (TPSA) is 157 Å². The molecule has 0 radical (unpaired) electrons. The van der Waals surface area contributed by atoms with Gasteiger partial charge in [0, 0.05) is 6.42 Å². The Kier molecular flexibility index (Phi) is 6.86. The second-order valence-electron chi connectivity index (χ2n) is 5.00. The first-order valence-electron chi connectivity index (χ1n) is 6.83. The maximum Gasteiger partial charge on any atom is 0.237 e. The molecule has 8 heteroatoms. The third-order valence-corrected chi connectivity index (χ3v) is 3.23. The summed E-state index contributed by atoms with van der Waals surface area (Å²) in [5.74, 6) is -0.861. The number of nitrogens with two attached hydrogens (primary N) is 3. The minimum Gasteiger partial charge on any atom is -0.370 e. The number of aliphatic hydroxyl groups excluding tert-OH is 1. The van der Waals surface area contributed by atoms with Crippen molar-refractivity contribution in [3.63, 3.8) is 0 Å². The lowest BCUT2D eigenvalue weighted by atomic mass is 10.0. The monoisotopic (exact) mass is 288 g/mol. The summed E-state index contributed by atoms with van der Waals surface area (Å²) >= 11 is 0. The van der Waals surface area contributed by atoms with E-state index in [-0.39, 0.29) is 30.9 Å². The van der Waals surface area contributed by atoms with Crippen LogP contribution in [0.2, 0.25) is 0 Å². The van der Waals surface area contributed by atoms with Crippen LogP contribution in [0.25, 0.3) is 0 Å². The van der Waals surface area contributed by atoms with Crippen molar-refractivity contribution in [3.8, 4) is 0 Å². The molecule has 1 aliphatic rings. The number of nitrogens with one attached hydrogen (secondary N) is 1. The van der Waals surface area contributed by atoms with Crippen molar-refractivity contribution >= 4 is 11.8 Å². The Hall–Kier alpha value is -1.22. The molecule has 0 aromatic heterocycles. The number of hydrogen-bond acceptors (Lipinski definition) is 6. The van der Waals surface area contributed by atoms with Crippen LogP contribution < -0.4 is 22.5 Å². The minimum absolute atomic E-state index is 0.0645. The molecule has 0 spiro atoms. The van der Waals surface area contributed by atoms with Crippen LogP contribution in [0.15, 0.2) is 0 Å². The van der Waals surface area contributed by atoms with E-state index in [1.54, 1.807) is 0 Å². The Labute approximate surface area is 118 Å². The smallest absolute Gasteiger partial charge is 0.237 e. The van der Waals surface area contributed by atoms with Gasteiger partial charge in [-0.15, -0.1) is 0 Å². The van der Waals surface area contributed by atoms with E-state index < -0.39 is 18.2 Å². The van der Waals surface area contributed by atoms with E-state index in [0.29, 0.717) is 13.0 Å². The number of amides is 2. The standard InChI is InChI=1S/C12H24N4O4/c13-6-2-1-3-8(10-12(19)20-10)16-11(18)7(14)4-5-9(15)17/h7-8,10,12,19H,1-6,13-14H2,(H2,15,17)(H,16,18). The van der Waals surface area contributed by atoms with E-state index in [4.69, 9.17) is 21.9 Å². The van der Waals surface area contributed by atoms with Crippen molar-refractivity contribution in [2.75, 3.05) is 6.54 Å². The molecule has 0 aromatic carbocycles. The summed E-state index contributed by atoms with van der Waals surface area (Å²) in [4.78, 5) is 22.5. The van der Waals surface area contributed by atoms with E-state index in [2.05, 4.69) is 5.32 Å². The summed E-state index contributed by atoms with van der Waals surface area (Å²) in [7, 11) is 0. The van der Waals surface area contributed by atoms with Crippen LogP contribution >= 0.6 is 0 Å². The average Bonchev–Trinajstić information content (AvgIpc) is 3.11. The van der Waals surface area contributed by atoms with Gasteiger partial charge in [0.05, 0.1) is 12.1 Å². The number of carbonyl (C=O) groups is 2. The zero-order valence-electron chi connectivity index (χ0n) is 11.5. The molecule has 8 N–H and O–H groups in total. The third kappa shape index (κ3) is 5.83.